The van der Waals surface area contributed by atoms with E-state index in [-0.39, 0.29) is 5.91 Å². The molecule has 1 heterocycles. The lowest BCUT2D eigenvalue weighted by Crippen LogP contribution is -2.49. The van der Waals surface area contributed by atoms with E-state index in [1.807, 2.05) is 11.0 Å². The summed E-state index contributed by atoms with van der Waals surface area (Å²) in [7, 11) is 0. The molecule has 3 rings (SSSR count). The minimum atomic E-state index is 0.0439. The van der Waals surface area contributed by atoms with Crippen molar-refractivity contribution in [3.05, 3.63) is 33.3 Å². The van der Waals surface area contributed by atoms with E-state index >= 15 is 0 Å². The summed E-state index contributed by atoms with van der Waals surface area (Å²) in [4.78, 5) is 16.9. The second-order valence-corrected chi connectivity index (χ2v) is 6.98. The fraction of sp³-hybridized carbons (Fsp3) is 0.533. The van der Waals surface area contributed by atoms with Crippen molar-refractivity contribution in [2.45, 2.75) is 12.8 Å². The van der Waals surface area contributed by atoms with E-state index in [2.05, 4.69) is 20.8 Å². The Kier molecular flexibility index (Phi) is 4.34. The van der Waals surface area contributed by atoms with Gasteiger partial charge in [-0.05, 0) is 37.0 Å². The standard InChI is InChI=1S/C15H18BrClN2O/c16-12-3-4-14(17)13(9-12)15(20)19-7-5-18(6-8-19)10-11-1-2-11/h3-4,9,11H,1-2,5-8,10H2. The molecule has 0 radical (unpaired) electrons. The summed E-state index contributed by atoms with van der Waals surface area (Å²) >= 11 is 9.53. The van der Waals surface area contributed by atoms with Crippen LogP contribution in [0.3, 0.4) is 0 Å². The lowest BCUT2D eigenvalue weighted by molar-refractivity contribution is 0.0632. The number of rotatable bonds is 3. The summed E-state index contributed by atoms with van der Waals surface area (Å²) in [6.45, 7) is 4.77. The van der Waals surface area contributed by atoms with Crippen molar-refractivity contribution < 1.29 is 4.79 Å². The second kappa shape index (κ2) is 6.04. The Morgan fingerprint density at radius 1 is 1.25 bits per heavy atom. The van der Waals surface area contributed by atoms with E-state index < -0.39 is 0 Å². The maximum absolute atomic E-state index is 12.5. The van der Waals surface area contributed by atoms with E-state index in [1.165, 1.54) is 19.4 Å². The molecular formula is C15H18BrClN2O. The van der Waals surface area contributed by atoms with Crippen LogP contribution in [-0.2, 0) is 0 Å². The molecule has 0 spiro atoms. The minimum absolute atomic E-state index is 0.0439. The summed E-state index contributed by atoms with van der Waals surface area (Å²) in [6.07, 6.45) is 2.76. The summed E-state index contributed by atoms with van der Waals surface area (Å²) in [5.74, 6) is 0.958. The van der Waals surface area contributed by atoms with Crippen molar-refractivity contribution >= 4 is 33.4 Å². The molecule has 0 N–H and O–H groups in total. The zero-order valence-electron chi connectivity index (χ0n) is 11.3. The number of benzene rings is 1. The first kappa shape index (κ1) is 14.4. The van der Waals surface area contributed by atoms with E-state index in [0.717, 1.165) is 36.6 Å². The van der Waals surface area contributed by atoms with Gasteiger partial charge in [0.25, 0.3) is 5.91 Å². The first-order chi connectivity index (χ1) is 9.63. The van der Waals surface area contributed by atoms with E-state index in [9.17, 15) is 4.79 Å². The van der Waals surface area contributed by atoms with E-state index in [4.69, 9.17) is 11.6 Å². The van der Waals surface area contributed by atoms with E-state index in [0.29, 0.717) is 10.6 Å². The van der Waals surface area contributed by atoms with Crippen LogP contribution in [0.1, 0.15) is 23.2 Å². The van der Waals surface area contributed by atoms with Crippen LogP contribution in [0.15, 0.2) is 22.7 Å². The molecule has 1 aliphatic carbocycles. The van der Waals surface area contributed by atoms with Crippen molar-refractivity contribution in [3.8, 4) is 0 Å². The maximum atomic E-state index is 12.5. The first-order valence-electron chi connectivity index (χ1n) is 7.10. The number of halogens is 2. The second-order valence-electron chi connectivity index (χ2n) is 5.66. The highest BCUT2D eigenvalue weighted by atomic mass is 79.9. The van der Waals surface area contributed by atoms with Crippen molar-refractivity contribution in [2.24, 2.45) is 5.92 Å². The van der Waals surface area contributed by atoms with Crippen LogP contribution in [0.4, 0.5) is 0 Å². The molecule has 5 heteroatoms. The smallest absolute Gasteiger partial charge is 0.255 e. The third kappa shape index (κ3) is 3.35. The van der Waals surface area contributed by atoms with Crippen molar-refractivity contribution in [1.29, 1.82) is 0 Å². The normalized spacial score (nSPS) is 20.2. The number of hydrogen-bond donors (Lipinski definition) is 0. The quantitative estimate of drug-likeness (QED) is 0.829. The van der Waals surface area contributed by atoms with Crippen molar-refractivity contribution in [1.82, 2.24) is 9.80 Å². The monoisotopic (exact) mass is 356 g/mol. The number of piperazine rings is 1. The van der Waals surface area contributed by atoms with Gasteiger partial charge in [-0.15, -0.1) is 0 Å². The number of hydrogen-bond acceptors (Lipinski definition) is 2. The molecule has 2 fully saturated rings. The zero-order chi connectivity index (χ0) is 14.1. The zero-order valence-corrected chi connectivity index (χ0v) is 13.7. The molecule has 0 bridgehead atoms. The van der Waals surface area contributed by atoms with Crippen molar-refractivity contribution in [3.63, 3.8) is 0 Å². The molecule has 0 unspecified atom stereocenters. The average Bonchev–Trinajstić information content (AvgIpc) is 3.26. The van der Waals surface area contributed by atoms with Gasteiger partial charge in [0.05, 0.1) is 10.6 Å². The Morgan fingerprint density at radius 3 is 2.60 bits per heavy atom. The molecule has 1 saturated heterocycles. The summed E-state index contributed by atoms with van der Waals surface area (Å²) in [5.41, 5.74) is 0.594. The largest absolute Gasteiger partial charge is 0.336 e. The van der Waals surface area contributed by atoms with Gasteiger partial charge in [-0.25, -0.2) is 0 Å². The van der Waals surface area contributed by atoms with Gasteiger partial charge in [0.2, 0.25) is 0 Å². The topological polar surface area (TPSA) is 23.6 Å². The molecule has 20 heavy (non-hydrogen) atoms. The van der Waals surface area contributed by atoms with Gasteiger partial charge in [-0.3, -0.25) is 9.69 Å². The fourth-order valence-electron chi connectivity index (χ4n) is 2.63. The highest BCUT2D eigenvalue weighted by Crippen LogP contribution is 2.30. The molecule has 1 aromatic rings. The van der Waals surface area contributed by atoms with Gasteiger partial charge in [0.15, 0.2) is 0 Å². The SMILES string of the molecule is O=C(c1cc(Br)ccc1Cl)N1CCN(CC2CC2)CC1. The predicted octanol–water partition coefficient (Wildman–Crippen LogP) is 3.27. The molecule has 2 aliphatic rings. The molecule has 0 aromatic heterocycles. The lowest BCUT2D eigenvalue weighted by atomic mass is 10.1. The minimum Gasteiger partial charge on any atom is -0.336 e. The van der Waals surface area contributed by atoms with Crippen LogP contribution in [0.2, 0.25) is 5.02 Å². The third-order valence-electron chi connectivity index (χ3n) is 4.03. The van der Waals surface area contributed by atoms with Crippen LogP contribution in [0, 0.1) is 5.92 Å². The van der Waals surface area contributed by atoms with Crippen LogP contribution in [0.5, 0.6) is 0 Å². The molecule has 108 valence electrons. The molecule has 1 aliphatic heterocycles. The van der Waals surface area contributed by atoms with Crippen molar-refractivity contribution in [2.75, 3.05) is 32.7 Å². The van der Waals surface area contributed by atoms with Crippen LogP contribution in [-0.4, -0.2) is 48.4 Å². The number of carbonyl (C=O) groups excluding carboxylic acids is 1. The Hall–Kier alpha value is -0.580. The van der Waals surface area contributed by atoms with Gasteiger partial charge in [0, 0.05) is 37.2 Å². The van der Waals surface area contributed by atoms with Crippen LogP contribution >= 0.6 is 27.5 Å². The molecule has 0 atom stereocenters. The predicted molar refractivity (Wildman–Crippen MR) is 84.2 cm³/mol. The Morgan fingerprint density at radius 2 is 1.95 bits per heavy atom. The number of nitrogens with zero attached hydrogens (tertiary/aromatic N) is 2. The van der Waals surface area contributed by atoms with Crippen LogP contribution in [0.25, 0.3) is 0 Å². The molecule has 1 aromatic carbocycles. The maximum Gasteiger partial charge on any atom is 0.255 e. The highest BCUT2D eigenvalue weighted by Gasteiger charge is 2.28. The lowest BCUT2D eigenvalue weighted by Gasteiger charge is -2.35. The van der Waals surface area contributed by atoms with Gasteiger partial charge < -0.3 is 4.90 Å². The fourth-order valence-corrected chi connectivity index (χ4v) is 3.19. The Labute approximate surface area is 133 Å². The van der Waals surface area contributed by atoms with Gasteiger partial charge >= 0.3 is 0 Å². The summed E-state index contributed by atoms with van der Waals surface area (Å²) in [5, 5.41) is 0.526. The summed E-state index contributed by atoms with van der Waals surface area (Å²) in [6, 6.07) is 5.43. The van der Waals surface area contributed by atoms with Gasteiger partial charge in [-0.2, -0.15) is 0 Å². The van der Waals surface area contributed by atoms with Gasteiger partial charge in [0.1, 0.15) is 0 Å². The Balaban J connectivity index is 1.61. The van der Waals surface area contributed by atoms with E-state index in [1.54, 1.807) is 12.1 Å². The summed E-state index contributed by atoms with van der Waals surface area (Å²) < 4.78 is 0.887. The average molecular weight is 358 g/mol. The van der Waals surface area contributed by atoms with Crippen LogP contribution < -0.4 is 0 Å². The molecule has 1 amide bonds. The molecule has 1 saturated carbocycles. The third-order valence-corrected chi connectivity index (χ3v) is 4.85. The molecular weight excluding hydrogens is 340 g/mol. The van der Waals surface area contributed by atoms with Gasteiger partial charge in [-0.1, -0.05) is 27.5 Å². The highest BCUT2D eigenvalue weighted by molar-refractivity contribution is 9.10. The first-order valence-corrected chi connectivity index (χ1v) is 8.27. The Bertz CT molecular complexity index is 511. The molecule has 3 nitrogen and oxygen atoms in total. The number of carbonyl (C=O) groups is 1. The number of amides is 1.